The highest BCUT2D eigenvalue weighted by molar-refractivity contribution is 6.43. The molecule has 0 aliphatic rings. The van der Waals surface area contributed by atoms with E-state index < -0.39 is 0 Å². The van der Waals surface area contributed by atoms with Gasteiger partial charge in [0.2, 0.25) is 0 Å². The summed E-state index contributed by atoms with van der Waals surface area (Å²) < 4.78 is 0. The third kappa shape index (κ3) is 2.12. The summed E-state index contributed by atoms with van der Waals surface area (Å²) in [5.74, 6) is -0.224. The predicted octanol–water partition coefficient (Wildman–Crippen LogP) is 1.76. The molecule has 16 heavy (non-hydrogen) atoms. The highest BCUT2D eigenvalue weighted by Crippen LogP contribution is 2.25. The molecule has 0 fully saturated rings. The molecule has 0 aliphatic heterocycles. The second kappa shape index (κ2) is 4.46. The van der Waals surface area contributed by atoms with Gasteiger partial charge >= 0.3 is 0 Å². The summed E-state index contributed by atoms with van der Waals surface area (Å²) in [4.78, 5) is 19.1. The highest BCUT2D eigenvalue weighted by Gasteiger charge is 2.12. The largest absolute Gasteiger partial charge is 0.305 e. The van der Waals surface area contributed by atoms with Crippen molar-refractivity contribution in [3.05, 3.63) is 34.5 Å². The fourth-order valence-corrected chi connectivity index (χ4v) is 1.27. The Balaban J connectivity index is 2.22. The molecule has 1 amide bonds. The number of nitrogens with zero attached hydrogens (tertiary/aromatic N) is 3. The van der Waals surface area contributed by atoms with Crippen LogP contribution in [0.4, 0.5) is 5.82 Å². The van der Waals surface area contributed by atoms with Crippen LogP contribution in [0.5, 0.6) is 0 Å². The number of carbonyl (C=O) groups is 1. The van der Waals surface area contributed by atoms with Gasteiger partial charge in [-0.1, -0.05) is 23.2 Å². The molecule has 0 aliphatic carbocycles. The quantitative estimate of drug-likeness (QED) is 0.804. The molecule has 0 atom stereocenters. The van der Waals surface area contributed by atoms with Crippen molar-refractivity contribution < 1.29 is 4.79 Å². The molecule has 2 rings (SSSR count). The first-order valence-electron chi connectivity index (χ1n) is 4.14. The van der Waals surface area contributed by atoms with E-state index in [-0.39, 0.29) is 21.9 Å². The van der Waals surface area contributed by atoms with Gasteiger partial charge in [-0.2, -0.15) is 5.10 Å². The average Bonchev–Trinajstić information content (AvgIpc) is 2.78. The van der Waals surface area contributed by atoms with Crippen LogP contribution in [0.25, 0.3) is 0 Å². The Morgan fingerprint density at radius 1 is 1.38 bits per heavy atom. The molecule has 0 bridgehead atoms. The lowest BCUT2D eigenvalue weighted by Gasteiger charge is -2.04. The van der Waals surface area contributed by atoms with Crippen LogP contribution >= 0.6 is 23.2 Å². The van der Waals surface area contributed by atoms with Crippen LogP contribution in [-0.2, 0) is 0 Å². The molecule has 0 aromatic carbocycles. The van der Waals surface area contributed by atoms with E-state index >= 15 is 0 Å². The zero-order valence-electron chi connectivity index (χ0n) is 7.74. The summed E-state index contributed by atoms with van der Waals surface area (Å²) in [6.45, 7) is 0. The third-order valence-electron chi connectivity index (χ3n) is 1.74. The summed E-state index contributed by atoms with van der Waals surface area (Å²) in [6, 6.07) is 0. The Morgan fingerprint density at radius 2 is 2.19 bits per heavy atom. The van der Waals surface area contributed by atoms with Crippen LogP contribution in [0.1, 0.15) is 10.4 Å². The number of hydrogen-bond donors (Lipinski definition) is 2. The Hall–Kier alpha value is -1.66. The van der Waals surface area contributed by atoms with Gasteiger partial charge in [-0.3, -0.25) is 9.89 Å². The molecule has 2 aromatic heterocycles. The fourth-order valence-electron chi connectivity index (χ4n) is 0.990. The molecule has 82 valence electrons. The number of amides is 1. The Kier molecular flexibility index (Phi) is 3.02. The van der Waals surface area contributed by atoms with Gasteiger partial charge in [0.25, 0.3) is 5.91 Å². The van der Waals surface area contributed by atoms with Gasteiger partial charge in [0.05, 0.1) is 11.8 Å². The number of H-pyrrole nitrogens is 1. The number of aromatic nitrogens is 4. The molecule has 6 nitrogen and oxygen atoms in total. The number of rotatable bonds is 2. The third-order valence-corrected chi connectivity index (χ3v) is 2.48. The van der Waals surface area contributed by atoms with Gasteiger partial charge in [0.1, 0.15) is 11.3 Å². The molecule has 2 N–H and O–H groups in total. The zero-order chi connectivity index (χ0) is 11.5. The van der Waals surface area contributed by atoms with E-state index in [9.17, 15) is 4.79 Å². The maximum Gasteiger partial charge on any atom is 0.260 e. The highest BCUT2D eigenvalue weighted by atomic mass is 35.5. The minimum absolute atomic E-state index is 0.0826. The standard InChI is InChI=1S/C8H5Cl2N5O/c9-5-6(10)11-3-12-7(5)15-8(16)4-1-13-14-2-4/h1-3H,(H,13,14)(H,11,12,15,16). The van der Waals surface area contributed by atoms with Crippen molar-refractivity contribution in [2.75, 3.05) is 5.32 Å². The average molecular weight is 258 g/mol. The normalized spacial score (nSPS) is 10.1. The van der Waals surface area contributed by atoms with Gasteiger partial charge in [0.15, 0.2) is 11.0 Å². The smallest absolute Gasteiger partial charge is 0.260 e. The molecule has 0 radical (unpaired) electrons. The molecular formula is C8H5Cl2N5O. The number of carbonyl (C=O) groups excluding carboxylic acids is 1. The van der Waals surface area contributed by atoms with Crippen LogP contribution in [0.15, 0.2) is 18.7 Å². The molecule has 0 saturated carbocycles. The van der Waals surface area contributed by atoms with Crippen LogP contribution in [0, 0.1) is 0 Å². The Bertz CT molecular complexity index is 513. The van der Waals surface area contributed by atoms with Gasteiger partial charge in [-0.15, -0.1) is 0 Å². The number of aromatic amines is 1. The fraction of sp³-hybridized carbons (Fsp3) is 0. The topological polar surface area (TPSA) is 83.6 Å². The summed E-state index contributed by atoms with van der Waals surface area (Å²) >= 11 is 11.5. The number of halogens is 2. The van der Waals surface area contributed by atoms with Crippen LogP contribution in [0.3, 0.4) is 0 Å². The molecule has 8 heteroatoms. The first-order chi connectivity index (χ1) is 7.68. The minimum atomic E-state index is -0.384. The lowest BCUT2D eigenvalue weighted by Crippen LogP contribution is -2.12. The molecule has 0 unspecified atom stereocenters. The van der Waals surface area contributed by atoms with E-state index in [0.717, 1.165) is 0 Å². The van der Waals surface area contributed by atoms with Gasteiger partial charge < -0.3 is 5.32 Å². The number of hydrogen-bond acceptors (Lipinski definition) is 4. The molecule has 2 heterocycles. The van der Waals surface area contributed by atoms with Crippen LogP contribution in [0.2, 0.25) is 10.2 Å². The van der Waals surface area contributed by atoms with Crippen molar-refractivity contribution >= 4 is 34.9 Å². The van der Waals surface area contributed by atoms with Crippen molar-refractivity contribution in [3.8, 4) is 0 Å². The first kappa shape index (κ1) is 10.8. The lowest BCUT2D eigenvalue weighted by atomic mass is 10.3. The van der Waals surface area contributed by atoms with Crippen LogP contribution in [-0.4, -0.2) is 26.1 Å². The molecule has 2 aromatic rings. The summed E-state index contributed by atoms with van der Waals surface area (Å²) in [5, 5.41) is 8.83. The van der Waals surface area contributed by atoms with E-state index in [2.05, 4.69) is 25.5 Å². The zero-order valence-corrected chi connectivity index (χ0v) is 9.25. The van der Waals surface area contributed by atoms with Crippen molar-refractivity contribution in [2.24, 2.45) is 0 Å². The van der Waals surface area contributed by atoms with E-state index in [1.807, 2.05) is 0 Å². The maximum absolute atomic E-state index is 11.6. The van der Waals surface area contributed by atoms with Crippen LogP contribution < -0.4 is 5.32 Å². The number of anilines is 1. The molecular weight excluding hydrogens is 253 g/mol. The second-order valence-electron chi connectivity index (χ2n) is 2.77. The molecule has 0 saturated heterocycles. The van der Waals surface area contributed by atoms with Gasteiger partial charge in [-0.25, -0.2) is 9.97 Å². The van der Waals surface area contributed by atoms with Gasteiger partial charge in [-0.05, 0) is 0 Å². The number of nitrogens with one attached hydrogen (secondary N) is 2. The summed E-state index contributed by atoms with van der Waals surface area (Å²) in [6.07, 6.45) is 4.04. The first-order valence-corrected chi connectivity index (χ1v) is 4.90. The van der Waals surface area contributed by atoms with Gasteiger partial charge in [0, 0.05) is 6.20 Å². The van der Waals surface area contributed by atoms with Crippen molar-refractivity contribution in [3.63, 3.8) is 0 Å². The Morgan fingerprint density at radius 3 is 2.88 bits per heavy atom. The summed E-state index contributed by atoms with van der Waals surface area (Å²) in [5.41, 5.74) is 0.366. The van der Waals surface area contributed by atoms with Crippen molar-refractivity contribution in [1.29, 1.82) is 0 Å². The van der Waals surface area contributed by atoms with E-state index in [0.29, 0.717) is 5.56 Å². The lowest BCUT2D eigenvalue weighted by molar-refractivity contribution is 0.102. The van der Waals surface area contributed by atoms with E-state index in [1.165, 1.54) is 18.7 Å². The Labute approximate surface area is 100 Å². The minimum Gasteiger partial charge on any atom is -0.305 e. The SMILES string of the molecule is O=C(Nc1ncnc(Cl)c1Cl)c1cn[nH]c1. The maximum atomic E-state index is 11.6. The monoisotopic (exact) mass is 257 g/mol. The molecule has 0 spiro atoms. The predicted molar refractivity (Wildman–Crippen MR) is 58.6 cm³/mol. The van der Waals surface area contributed by atoms with Crippen molar-refractivity contribution in [2.45, 2.75) is 0 Å². The van der Waals surface area contributed by atoms with Crippen molar-refractivity contribution in [1.82, 2.24) is 20.2 Å². The van der Waals surface area contributed by atoms with E-state index in [4.69, 9.17) is 23.2 Å². The summed E-state index contributed by atoms with van der Waals surface area (Å²) in [7, 11) is 0. The van der Waals surface area contributed by atoms with E-state index in [1.54, 1.807) is 0 Å². The second-order valence-corrected chi connectivity index (χ2v) is 3.50.